The van der Waals surface area contributed by atoms with Crippen LogP contribution < -0.4 is 10.9 Å². The molecule has 5 nitrogen and oxygen atoms in total. The second-order valence-electron chi connectivity index (χ2n) is 7.57. The molecule has 4 aromatic rings. The molecule has 0 amide bonds. The molecule has 0 bridgehead atoms. The number of nitrogens with one attached hydrogen (secondary N) is 1. The molecular weight excluding hydrogens is 374 g/mol. The van der Waals surface area contributed by atoms with Gasteiger partial charge in [-0.3, -0.25) is 9.36 Å². The van der Waals surface area contributed by atoms with Gasteiger partial charge in [-0.2, -0.15) is 0 Å². The van der Waals surface area contributed by atoms with Crippen molar-refractivity contribution in [2.24, 2.45) is 0 Å². The van der Waals surface area contributed by atoms with Crippen molar-refractivity contribution < 1.29 is 5.11 Å². The Kier molecular flexibility index (Phi) is 5.63. The zero-order chi connectivity index (χ0) is 21.1. The molecule has 0 radical (unpaired) electrons. The molecule has 152 valence electrons. The second kappa shape index (κ2) is 8.51. The van der Waals surface area contributed by atoms with E-state index in [2.05, 4.69) is 31.3 Å². The van der Waals surface area contributed by atoms with Gasteiger partial charge in [-0.15, -0.1) is 0 Å². The first-order valence-electron chi connectivity index (χ1n) is 10.1. The van der Waals surface area contributed by atoms with E-state index in [1.54, 1.807) is 10.6 Å². The van der Waals surface area contributed by atoms with Crippen molar-refractivity contribution in [2.45, 2.75) is 26.5 Å². The third-order valence-corrected chi connectivity index (χ3v) is 5.34. The second-order valence-corrected chi connectivity index (χ2v) is 7.57. The molecule has 30 heavy (non-hydrogen) atoms. The average molecular weight is 399 g/mol. The summed E-state index contributed by atoms with van der Waals surface area (Å²) in [5, 5.41) is 14.5. The maximum atomic E-state index is 13.2. The lowest BCUT2D eigenvalue weighted by atomic mass is 10.1. The Morgan fingerprint density at radius 3 is 2.47 bits per heavy atom. The normalized spacial score (nSPS) is 12.1. The van der Waals surface area contributed by atoms with Crippen LogP contribution in [0.25, 0.3) is 22.3 Å². The highest BCUT2D eigenvalue weighted by Gasteiger charge is 2.16. The number of anilines is 1. The van der Waals surface area contributed by atoms with Crippen molar-refractivity contribution in [3.05, 3.63) is 94.3 Å². The highest BCUT2D eigenvalue weighted by atomic mass is 16.3. The molecule has 0 saturated carbocycles. The largest absolute Gasteiger partial charge is 0.389 e. The minimum atomic E-state index is -0.755. The van der Waals surface area contributed by atoms with Gasteiger partial charge in [-0.25, -0.2) is 4.98 Å². The van der Waals surface area contributed by atoms with E-state index in [1.165, 1.54) is 11.1 Å². The number of hydrogen-bond donors (Lipinski definition) is 2. The predicted octanol–water partition coefficient (Wildman–Crippen LogP) is 4.15. The lowest BCUT2D eigenvalue weighted by Gasteiger charge is -2.18. The summed E-state index contributed by atoms with van der Waals surface area (Å²) in [5.41, 5.74) is 4.71. The standard InChI is InChI=1S/C25H25N3O2/c1-17-12-13-20(14-18(17)2)26-15-21(29)16-28-24(19-8-4-3-5-9-19)27-23-11-7-6-10-22(23)25(28)30/h3-14,21,26,29H,15-16H2,1-2H3. The molecule has 1 aromatic heterocycles. The number of aryl methyl sites for hydroxylation is 2. The van der Waals surface area contributed by atoms with Gasteiger partial charge >= 0.3 is 0 Å². The zero-order valence-electron chi connectivity index (χ0n) is 17.2. The molecule has 1 heterocycles. The Bertz CT molecular complexity index is 1230. The monoisotopic (exact) mass is 399 g/mol. The van der Waals surface area contributed by atoms with E-state index in [0.29, 0.717) is 23.3 Å². The van der Waals surface area contributed by atoms with E-state index in [9.17, 15) is 9.90 Å². The topological polar surface area (TPSA) is 67.2 Å². The van der Waals surface area contributed by atoms with Gasteiger partial charge in [0.15, 0.2) is 0 Å². The number of aliphatic hydroxyl groups is 1. The number of aromatic nitrogens is 2. The number of benzene rings is 3. The highest BCUT2D eigenvalue weighted by molar-refractivity contribution is 5.79. The maximum Gasteiger partial charge on any atom is 0.261 e. The average Bonchev–Trinajstić information content (AvgIpc) is 2.77. The van der Waals surface area contributed by atoms with E-state index < -0.39 is 6.10 Å². The Hall–Kier alpha value is -3.44. The molecule has 0 spiro atoms. The molecule has 1 unspecified atom stereocenters. The molecule has 0 aliphatic carbocycles. The summed E-state index contributed by atoms with van der Waals surface area (Å²) in [6, 6.07) is 23.0. The number of para-hydroxylation sites is 1. The number of aliphatic hydroxyl groups excluding tert-OH is 1. The van der Waals surface area contributed by atoms with Crippen LogP contribution in [0, 0.1) is 13.8 Å². The third-order valence-electron chi connectivity index (χ3n) is 5.34. The van der Waals surface area contributed by atoms with E-state index in [1.807, 2.05) is 54.6 Å². The first kappa shape index (κ1) is 19.9. The Morgan fingerprint density at radius 1 is 0.967 bits per heavy atom. The molecule has 0 saturated heterocycles. The van der Waals surface area contributed by atoms with Crippen LogP contribution >= 0.6 is 0 Å². The first-order valence-corrected chi connectivity index (χ1v) is 10.1. The predicted molar refractivity (Wildman–Crippen MR) is 122 cm³/mol. The maximum absolute atomic E-state index is 13.2. The fraction of sp³-hybridized carbons (Fsp3) is 0.200. The summed E-state index contributed by atoms with van der Waals surface area (Å²) in [4.78, 5) is 17.9. The first-order chi connectivity index (χ1) is 14.5. The summed E-state index contributed by atoms with van der Waals surface area (Å²) < 4.78 is 1.57. The molecule has 0 aliphatic heterocycles. The van der Waals surface area contributed by atoms with Crippen molar-refractivity contribution in [1.29, 1.82) is 0 Å². The van der Waals surface area contributed by atoms with Gasteiger partial charge in [-0.05, 0) is 49.2 Å². The van der Waals surface area contributed by atoms with Crippen molar-refractivity contribution in [3.63, 3.8) is 0 Å². The molecule has 0 fully saturated rings. The van der Waals surface area contributed by atoms with Gasteiger partial charge in [0.25, 0.3) is 5.56 Å². The fourth-order valence-electron chi connectivity index (χ4n) is 3.51. The molecule has 2 N–H and O–H groups in total. The van der Waals surface area contributed by atoms with Gasteiger partial charge in [-0.1, -0.05) is 48.5 Å². The minimum absolute atomic E-state index is 0.148. The van der Waals surface area contributed by atoms with Crippen LogP contribution in [-0.2, 0) is 6.54 Å². The molecular formula is C25H25N3O2. The fourth-order valence-corrected chi connectivity index (χ4v) is 3.51. The zero-order valence-corrected chi connectivity index (χ0v) is 17.2. The van der Waals surface area contributed by atoms with Gasteiger partial charge in [0.2, 0.25) is 0 Å². The third kappa shape index (κ3) is 4.11. The molecule has 0 aliphatic rings. The number of rotatable bonds is 6. The van der Waals surface area contributed by atoms with Crippen LogP contribution in [0.5, 0.6) is 0 Å². The van der Waals surface area contributed by atoms with Gasteiger partial charge < -0.3 is 10.4 Å². The summed E-state index contributed by atoms with van der Waals surface area (Å²) in [5.74, 6) is 0.560. The van der Waals surface area contributed by atoms with Gasteiger partial charge in [0.05, 0.1) is 23.6 Å². The van der Waals surface area contributed by atoms with Crippen molar-refractivity contribution in [3.8, 4) is 11.4 Å². The number of hydrogen-bond acceptors (Lipinski definition) is 4. The van der Waals surface area contributed by atoms with Crippen LogP contribution in [-0.4, -0.2) is 27.3 Å². The van der Waals surface area contributed by atoms with E-state index in [0.717, 1.165) is 11.3 Å². The summed E-state index contributed by atoms with van der Waals surface area (Å²) in [6.45, 7) is 4.61. The quantitative estimate of drug-likeness (QED) is 0.511. The molecule has 3 aromatic carbocycles. The number of fused-ring (bicyclic) bond motifs is 1. The lowest BCUT2D eigenvalue weighted by molar-refractivity contribution is 0.165. The Morgan fingerprint density at radius 2 is 1.70 bits per heavy atom. The molecule has 1 atom stereocenters. The lowest BCUT2D eigenvalue weighted by Crippen LogP contribution is -2.32. The van der Waals surface area contributed by atoms with Gasteiger partial charge in [0.1, 0.15) is 5.82 Å². The summed E-state index contributed by atoms with van der Waals surface area (Å²) >= 11 is 0. The van der Waals surface area contributed by atoms with Gasteiger partial charge in [0, 0.05) is 17.8 Å². The minimum Gasteiger partial charge on any atom is -0.389 e. The van der Waals surface area contributed by atoms with Crippen LogP contribution in [0.3, 0.4) is 0 Å². The summed E-state index contributed by atoms with van der Waals surface area (Å²) in [7, 11) is 0. The van der Waals surface area contributed by atoms with Crippen LogP contribution in [0.2, 0.25) is 0 Å². The smallest absolute Gasteiger partial charge is 0.261 e. The highest BCUT2D eigenvalue weighted by Crippen LogP contribution is 2.19. The Balaban J connectivity index is 1.64. The van der Waals surface area contributed by atoms with Crippen molar-refractivity contribution in [1.82, 2.24) is 9.55 Å². The number of nitrogens with zero attached hydrogens (tertiary/aromatic N) is 2. The van der Waals surface area contributed by atoms with E-state index in [4.69, 9.17) is 4.98 Å². The van der Waals surface area contributed by atoms with E-state index in [-0.39, 0.29) is 12.1 Å². The summed E-state index contributed by atoms with van der Waals surface area (Å²) in [6.07, 6.45) is -0.755. The van der Waals surface area contributed by atoms with Crippen LogP contribution in [0.1, 0.15) is 11.1 Å². The van der Waals surface area contributed by atoms with E-state index >= 15 is 0 Å². The van der Waals surface area contributed by atoms with Crippen molar-refractivity contribution in [2.75, 3.05) is 11.9 Å². The SMILES string of the molecule is Cc1ccc(NCC(O)Cn2c(-c3ccccc3)nc3ccccc3c2=O)cc1C. The Labute approximate surface area is 175 Å². The molecule has 4 rings (SSSR count). The van der Waals surface area contributed by atoms with Crippen LogP contribution in [0.15, 0.2) is 77.6 Å². The van der Waals surface area contributed by atoms with Crippen LogP contribution in [0.4, 0.5) is 5.69 Å². The molecule has 5 heteroatoms. The van der Waals surface area contributed by atoms with Crippen molar-refractivity contribution >= 4 is 16.6 Å².